The number of aryl methyl sites for hydroxylation is 1. The maximum absolute atomic E-state index is 13.2. The van der Waals surface area contributed by atoms with Crippen LogP contribution in [0.25, 0.3) is 0 Å². The second-order valence-electron chi connectivity index (χ2n) is 6.70. The van der Waals surface area contributed by atoms with Crippen LogP contribution in [0.2, 0.25) is 0 Å². The first-order valence-electron chi connectivity index (χ1n) is 8.83. The number of hydrogen-bond donors (Lipinski definition) is 1. The number of para-hydroxylation sites is 1. The predicted octanol–water partition coefficient (Wildman–Crippen LogP) is 2.87. The van der Waals surface area contributed by atoms with E-state index in [0.29, 0.717) is 0 Å². The Labute approximate surface area is 165 Å². The van der Waals surface area contributed by atoms with E-state index in [-0.39, 0.29) is 18.3 Å². The van der Waals surface area contributed by atoms with E-state index in [2.05, 4.69) is 5.32 Å². The lowest BCUT2D eigenvalue weighted by atomic mass is 10.2. The van der Waals surface area contributed by atoms with E-state index in [1.165, 1.54) is 19.1 Å². The van der Waals surface area contributed by atoms with Gasteiger partial charge in [0.25, 0.3) is 0 Å². The number of nitrogens with zero attached hydrogens (tertiary/aromatic N) is 1. The zero-order chi connectivity index (χ0) is 20.9. The number of anilines is 1. The van der Waals surface area contributed by atoms with Crippen LogP contribution in [0.5, 0.6) is 5.75 Å². The van der Waals surface area contributed by atoms with Crippen molar-refractivity contribution in [3.63, 3.8) is 0 Å². The molecule has 1 N–H and O–H groups in total. The number of hydrogen-bond acceptors (Lipinski definition) is 4. The monoisotopic (exact) mass is 408 g/mol. The summed E-state index contributed by atoms with van der Waals surface area (Å²) in [6.07, 6.45) is 1.00. The van der Waals surface area contributed by atoms with Crippen LogP contribution in [0.4, 0.5) is 10.1 Å². The molecule has 0 unspecified atom stereocenters. The summed E-state index contributed by atoms with van der Waals surface area (Å²) in [6.45, 7) is 5.41. The molecular formula is C20H25FN2O4S. The fraction of sp³-hybridized carbons (Fsp3) is 0.350. The van der Waals surface area contributed by atoms with Crippen molar-refractivity contribution in [2.45, 2.75) is 32.9 Å². The lowest BCUT2D eigenvalue weighted by Gasteiger charge is -2.29. The highest BCUT2D eigenvalue weighted by molar-refractivity contribution is 7.92. The lowest BCUT2D eigenvalue weighted by Crippen LogP contribution is -2.50. The van der Waals surface area contributed by atoms with E-state index in [0.717, 1.165) is 34.0 Å². The zero-order valence-electron chi connectivity index (χ0n) is 16.3. The topological polar surface area (TPSA) is 75.7 Å². The van der Waals surface area contributed by atoms with Gasteiger partial charge in [0.2, 0.25) is 15.9 Å². The quantitative estimate of drug-likeness (QED) is 0.729. The summed E-state index contributed by atoms with van der Waals surface area (Å²) in [5, 5.41) is 2.76. The molecule has 0 saturated carbocycles. The molecule has 2 rings (SSSR count). The van der Waals surface area contributed by atoms with Gasteiger partial charge >= 0.3 is 0 Å². The molecule has 1 amide bonds. The van der Waals surface area contributed by atoms with Gasteiger partial charge in [-0.2, -0.15) is 0 Å². The number of benzene rings is 2. The highest BCUT2D eigenvalue weighted by Crippen LogP contribution is 2.21. The number of amides is 1. The van der Waals surface area contributed by atoms with Crippen LogP contribution in [0, 0.1) is 12.7 Å². The third-order valence-electron chi connectivity index (χ3n) is 4.14. The van der Waals surface area contributed by atoms with Crippen LogP contribution in [0.15, 0.2) is 48.5 Å². The summed E-state index contributed by atoms with van der Waals surface area (Å²) in [7, 11) is -3.75. The molecule has 2 atom stereocenters. The van der Waals surface area contributed by atoms with Gasteiger partial charge in [-0.3, -0.25) is 9.10 Å². The molecule has 0 fully saturated rings. The zero-order valence-corrected chi connectivity index (χ0v) is 17.2. The molecule has 0 aliphatic rings. The highest BCUT2D eigenvalue weighted by Gasteiger charge is 2.29. The Balaban J connectivity index is 2.06. The average molecular weight is 408 g/mol. The van der Waals surface area contributed by atoms with Gasteiger partial charge in [-0.25, -0.2) is 12.8 Å². The van der Waals surface area contributed by atoms with Crippen LogP contribution in [-0.2, 0) is 14.8 Å². The molecule has 0 aromatic heterocycles. The molecule has 0 spiro atoms. The lowest BCUT2D eigenvalue weighted by molar-refractivity contribution is -0.122. The molecule has 152 valence electrons. The SMILES string of the molecule is Cc1ccccc1OC[C@@H](C)NC(=O)[C@H](C)N(c1ccc(F)cc1)S(C)(=O)=O. The largest absolute Gasteiger partial charge is 0.491 e. The van der Waals surface area contributed by atoms with E-state index in [9.17, 15) is 17.6 Å². The number of carbonyl (C=O) groups is 1. The molecule has 0 aliphatic carbocycles. The van der Waals surface area contributed by atoms with Gasteiger partial charge in [0.05, 0.1) is 18.0 Å². The third-order valence-corrected chi connectivity index (χ3v) is 5.38. The van der Waals surface area contributed by atoms with Gasteiger partial charge in [-0.05, 0) is 56.7 Å². The molecule has 0 saturated heterocycles. The molecule has 0 bridgehead atoms. The average Bonchev–Trinajstić information content (AvgIpc) is 2.61. The maximum atomic E-state index is 13.2. The fourth-order valence-electron chi connectivity index (χ4n) is 2.74. The van der Waals surface area contributed by atoms with Crippen molar-refractivity contribution in [2.75, 3.05) is 17.2 Å². The third kappa shape index (κ3) is 5.69. The van der Waals surface area contributed by atoms with Gasteiger partial charge in [0.15, 0.2) is 0 Å². The summed E-state index contributed by atoms with van der Waals surface area (Å²) in [4.78, 5) is 12.6. The summed E-state index contributed by atoms with van der Waals surface area (Å²) >= 11 is 0. The van der Waals surface area contributed by atoms with E-state index in [1.807, 2.05) is 31.2 Å². The van der Waals surface area contributed by atoms with Gasteiger partial charge < -0.3 is 10.1 Å². The normalized spacial score (nSPS) is 13.5. The molecule has 28 heavy (non-hydrogen) atoms. The van der Waals surface area contributed by atoms with Crippen molar-refractivity contribution in [3.05, 3.63) is 59.9 Å². The van der Waals surface area contributed by atoms with Crippen molar-refractivity contribution in [1.29, 1.82) is 0 Å². The first kappa shape index (κ1) is 21.7. The van der Waals surface area contributed by atoms with Crippen molar-refractivity contribution in [2.24, 2.45) is 0 Å². The molecule has 0 aliphatic heterocycles. The summed E-state index contributed by atoms with van der Waals surface area (Å²) in [5.74, 6) is -0.243. The molecule has 2 aromatic carbocycles. The summed E-state index contributed by atoms with van der Waals surface area (Å²) < 4.78 is 44.3. The van der Waals surface area contributed by atoms with Crippen LogP contribution < -0.4 is 14.4 Å². The summed E-state index contributed by atoms with van der Waals surface area (Å²) in [5.41, 5.74) is 1.20. The fourth-order valence-corrected chi connectivity index (χ4v) is 3.91. The van der Waals surface area contributed by atoms with E-state index < -0.39 is 27.8 Å². The van der Waals surface area contributed by atoms with Gasteiger partial charge in [-0.1, -0.05) is 18.2 Å². The van der Waals surface area contributed by atoms with Gasteiger partial charge in [0.1, 0.15) is 24.2 Å². The number of carbonyl (C=O) groups excluding carboxylic acids is 1. The maximum Gasteiger partial charge on any atom is 0.243 e. The first-order chi connectivity index (χ1) is 13.1. The van der Waals surface area contributed by atoms with E-state index >= 15 is 0 Å². The van der Waals surface area contributed by atoms with Crippen molar-refractivity contribution in [3.8, 4) is 5.75 Å². The van der Waals surface area contributed by atoms with Crippen LogP contribution in [0.3, 0.4) is 0 Å². The van der Waals surface area contributed by atoms with Gasteiger partial charge in [0, 0.05) is 0 Å². The second-order valence-corrected chi connectivity index (χ2v) is 8.56. The molecule has 0 radical (unpaired) electrons. The minimum atomic E-state index is -3.75. The van der Waals surface area contributed by atoms with E-state index in [4.69, 9.17) is 4.74 Å². The number of halogens is 1. The van der Waals surface area contributed by atoms with Crippen molar-refractivity contribution >= 4 is 21.6 Å². The van der Waals surface area contributed by atoms with Crippen LogP contribution >= 0.6 is 0 Å². The highest BCUT2D eigenvalue weighted by atomic mass is 32.2. The Morgan fingerprint density at radius 1 is 1.14 bits per heavy atom. The molecule has 0 heterocycles. The molecular weight excluding hydrogens is 383 g/mol. The first-order valence-corrected chi connectivity index (χ1v) is 10.7. The minimum absolute atomic E-state index is 0.218. The number of rotatable bonds is 8. The van der Waals surface area contributed by atoms with Gasteiger partial charge in [-0.15, -0.1) is 0 Å². The molecule has 6 nitrogen and oxygen atoms in total. The Kier molecular flexibility index (Phi) is 7.01. The minimum Gasteiger partial charge on any atom is -0.491 e. The van der Waals surface area contributed by atoms with Crippen LogP contribution in [0.1, 0.15) is 19.4 Å². The van der Waals surface area contributed by atoms with Crippen LogP contribution in [-0.4, -0.2) is 39.3 Å². The standard InChI is InChI=1S/C20H25FN2O4S/c1-14-7-5-6-8-19(14)27-13-15(2)22-20(24)16(3)23(28(4,25)26)18-11-9-17(21)10-12-18/h5-12,15-16H,13H2,1-4H3,(H,22,24)/t15-,16+/m1/s1. The molecule has 2 aromatic rings. The van der Waals surface area contributed by atoms with E-state index in [1.54, 1.807) is 6.92 Å². The van der Waals surface area contributed by atoms with Crippen molar-refractivity contribution < 1.29 is 22.3 Å². The Bertz CT molecular complexity index is 916. The number of nitrogens with one attached hydrogen (secondary N) is 1. The molecule has 8 heteroatoms. The smallest absolute Gasteiger partial charge is 0.243 e. The predicted molar refractivity (Wildman–Crippen MR) is 107 cm³/mol. The Hall–Kier alpha value is -2.61. The summed E-state index contributed by atoms with van der Waals surface area (Å²) in [6, 6.07) is 11.1. The Morgan fingerprint density at radius 2 is 1.75 bits per heavy atom. The van der Waals surface area contributed by atoms with Crippen molar-refractivity contribution in [1.82, 2.24) is 5.32 Å². The Morgan fingerprint density at radius 3 is 2.32 bits per heavy atom. The number of ether oxygens (including phenoxy) is 1. The second kappa shape index (κ2) is 9.05. The number of sulfonamides is 1.